The third-order valence-corrected chi connectivity index (χ3v) is 6.89. The molecule has 5 nitrogen and oxygen atoms in total. The highest BCUT2D eigenvalue weighted by Crippen LogP contribution is 2.23. The van der Waals surface area contributed by atoms with Crippen LogP contribution in [-0.2, 0) is 9.84 Å². The maximum atomic E-state index is 13.0. The van der Waals surface area contributed by atoms with Gasteiger partial charge >= 0.3 is 0 Å². The molecule has 0 spiro atoms. The summed E-state index contributed by atoms with van der Waals surface area (Å²) in [6.07, 6.45) is 1.06. The van der Waals surface area contributed by atoms with Crippen molar-refractivity contribution in [3.8, 4) is 0 Å². The zero-order valence-corrected chi connectivity index (χ0v) is 16.0. The summed E-state index contributed by atoms with van der Waals surface area (Å²) in [7, 11) is -3.38. The van der Waals surface area contributed by atoms with E-state index in [1.54, 1.807) is 13.0 Å². The molecule has 3 rings (SSSR count). The van der Waals surface area contributed by atoms with E-state index in [0.717, 1.165) is 44.0 Å². The van der Waals surface area contributed by atoms with Crippen LogP contribution in [0.25, 0.3) is 0 Å². The van der Waals surface area contributed by atoms with Gasteiger partial charge in [0.25, 0.3) is 0 Å². The van der Waals surface area contributed by atoms with E-state index in [1.165, 1.54) is 0 Å². The number of nitrogens with zero attached hydrogens (tertiary/aromatic N) is 1. The minimum atomic E-state index is -3.38. The molecule has 6 heteroatoms. The van der Waals surface area contributed by atoms with E-state index in [1.807, 2.05) is 48.5 Å². The predicted molar refractivity (Wildman–Crippen MR) is 108 cm³/mol. The van der Waals surface area contributed by atoms with E-state index in [0.29, 0.717) is 11.4 Å². The molecule has 0 aliphatic carbocycles. The van der Waals surface area contributed by atoms with Gasteiger partial charge in [-0.2, -0.15) is 0 Å². The SMILES string of the molecule is CC(CNc1ccccc1)S(=O)(=O)c1cccc(N2CCCNCC2)c1. The topological polar surface area (TPSA) is 61.4 Å². The molecule has 26 heavy (non-hydrogen) atoms. The molecule has 0 radical (unpaired) electrons. The first-order valence-electron chi connectivity index (χ1n) is 9.16. The van der Waals surface area contributed by atoms with Gasteiger partial charge in [-0.3, -0.25) is 0 Å². The van der Waals surface area contributed by atoms with Gasteiger partial charge in [0, 0.05) is 37.6 Å². The average molecular weight is 374 g/mol. The Labute approximate surface area is 156 Å². The standard InChI is InChI=1S/C20H27N3O2S/c1-17(16-22-18-7-3-2-4-8-18)26(24,25)20-10-5-9-19(15-20)23-13-6-11-21-12-14-23/h2-5,7-10,15,17,21-22H,6,11-14,16H2,1H3. The Hall–Kier alpha value is -2.05. The van der Waals surface area contributed by atoms with Crippen LogP contribution in [0.3, 0.4) is 0 Å². The molecular formula is C20H27N3O2S. The van der Waals surface area contributed by atoms with E-state index >= 15 is 0 Å². The van der Waals surface area contributed by atoms with Crippen molar-refractivity contribution in [1.82, 2.24) is 5.32 Å². The van der Waals surface area contributed by atoms with Crippen LogP contribution < -0.4 is 15.5 Å². The van der Waals surface area contributed by atoms with Crippen LogP contribution in [0.2, 0.25) is 0 Å². The van der Waals surface area contributed by atoms with Crippen molar-refractivity contribution in [2.75, 3.05) is 42.9 Å². The van der Waals surface area contributed by atoms with Gasteiger partial charge < -0.3 is 15.5 Å². The van der Waals surface area contributed by atoms with Crippen LogP contribution >= 0.6 is 0 Å². The molecule has 2 aromatic carbocycles. The molecule has 1 heterocycles. The first-order valence-corrected chi connectivity index (χ1v) is 10.7. The summed E-state index contributed by atoms with van der Waals surface area (Å²) in [5.74, 6) is 0. The zero-order valence-electron chi connectivity index (χ0n) is 15.2. The second-order valence-corrected chi connectivity index (χ2v) is 9.06. The number of hydrogen-bond acceptors (Lipinski definition) is 5. The van der Waals surface area contributed by atoms with Gasteiger partial charge in [-0.15, -0.1) is 0 Å². The Morgan fingerprint density at radius 2 is 1.88 bits per heavy atom. The monoisotopic (exact) mass is 373 g/mol. The fourth-order valence-corrected chi connectivity index (χ4v) is 4.44. The van der Waals surface area contributed by atoms with Crippen LogP contribution in [0.4, 0.5) is 11.4 Å². The lowest BCUT2D eigenvalue weighted by atomic mass is 10.2. The minimum Gasteiger partial charge on any atom is -0.384 e. The molecule has 1 aliphatic rings. The van der Waals surface area contributed by atoms with Gasteiger partial charge in [-0.25, -0.2) is 8.42 Å². The van der Waals surface area contributed by atoms with E-state index in [4.69, 9.17) is 0 Å². The van der Waals surface area contributed by atoms with Crippen molar-refractivity contribution in [3.05, 3.63) is 54.6 Å². The van der Waals surface area contributed by atoms with E-state index in [-0.39, 0.29) is 0 Å². The number of rotatable bonds is 6. The van der Waals surface area contributed by atoms with Crippen molar-refractivity contribution in [2.45, 2.75) is 23.5 Å². The second-order valence-electron chi connectivity index (χ2n) is 6.69. The van der Waals surface area contributed by atoms with Crippen molar-refractivity contribution < 1.29 is 8.42 Å². The number of anilines is 2. The lowest BCUT2D eigenvalue weighted by molar-refractivity contribution is 0.585. The first-order chi connectivity index (χ1) is 12.6. The van der Waals surface area contributed by atoms with Crippen LogP contribution in [0, 0.1) is 0 Å². The highest BCUT2D eigenvalue weighted by atomic mass is 32.2. The molecule has 1 unspecified atom stereocenters. The molecule has 0 aromatic heterocycles. The number of hydrogen-bond donors (Lipinski definition) is 2. The van der Waals surface area contributed by atoms with Crippen molar-refractivity contribution in [3.63, 3.8) is 0 Å². The molecule has 2 aromatic rings. The molecular weight excluding hydrogens is 346 g/mol. The van der Waals surface area contributed by atoms with E-state index in [2.05, 4.69) is 15.5 Å². The molecule has 1 aliphatic heterocycles. The molecule has 1 atom stereocenters. The van der Waals surface area contributed by atoms with Gasteiger partial charge in [0.05, 0.1) is 10.1 Å². The van der Waals surface area contributed by atoms with Crippen molar-refractivity contribution in [1.29, 1.82) is 0 Å². The summed E-state index contributed by atoms with van der Waals surface area (Å²) in [4.78, 5) is 2.65. The molecule has 0 bridgehead atoms. The third-order valence-electron chi connectivity index (χ3n) is 4.75. The number of benzene rings is 2. The van der Waals surface area contributed by atoms with Crippen molar-refractivity contribution in [2.24, 2.45) is 0 Å². The quantitative estimate of drug-likeness (QED) is 0.815. The Morgan fingerprint density at radius 1 is 1.08 bits per heavy atom. The highest BCUT2D eigenvalue weighted by molar-refractivity contribution is 7.92. The summed E-state index contributed by atoms with van der Waals surface area (Å²) in [6.45, 7) is 5.92. The minimum absolute atomic E-state index is 0.379. The number of nitrogens with one attached hydrogen (secondary N) is 2. The number of para-hydroxylation sites is 1. The highest BCUT2D eigenvalue weighted by Gasteiger charge is 2.24. The summed E-state index contributed by atoms with van der Waals surface area (Å²) in [5.41, 5.74) is 1.92. The fourth-order valence-electron chi connectivity index (χ4n) is 3.12. The lowest BCUT2D eigenvalue weighted by Gasteiger charge is -2.23. The molecule has 1 saturated heterocycles. The van der Waals surface area contributed by atoms with Crippen LogP contribution in [0.5, 0.6) is 0 Å². The maximum Gasteiger partial charge on any atom is 0.182 e. The second kappa shape index (κ2) is 8.56. The molecule has 0 saturated carbocycles. The Kier molecular flexibility index (Phi) is 6.16. The predicted octanol–water partition coefficient (Wildman–Crippen LogP) is 2.76. The lowest BCUT2D eigenvalue weighted by Crippen LogP contribution is -2.29. The summed E-state index contributed by atoms with van der Waals surface area (Å²) >= 11 is 0. The molecule has 0 amide bonds. The van der Waals surface area contributed by atoms with E-state index < -0.39 is 15.1 Å². The van der Waals surface area contributed by atoms with Crippen molar-refractivity contribution >= 4 is 21.2 Å². The summed E-state index contributed by atoms with van der Waals surface area (Å²) < 4.78 is 26.0. The number of sulfone groups is 1. The Morgan fingerprint density at radius 3 is 2.69 bits per heavy atom. The fraction of sp³-hybridized carbons (Fsp3) is 0.400. The normalized spacial score (nSPS) is 16.7. The smallest absolute Gasteiger partial charge is 0.182 e. The van der Waals surface area contributed by atoms with Gasteiger partial charge in [0.1, 0.15) is 0 Å². The average Bonchev–Trinajstić information content (AvgIpc) is 2.96. The maximum absolute atomic E-state index is 13.0. The van der Waals surface area contributed by atoms with Gasteiger partial charge in [0.15, 0.2) is 9.84 Å². The summed E-state index contributed by atoms with van der Waals surface area (Å²) in [6, 6.07) is 17.0. The van der Waals surface area contributed by atoms with Gasteiger partial charge in [-0.05, 0) is 50.2 Å². The summed E-state index contributed by atoms with van der Waals surface area (Å²) in [5, 5.41) is 6.07. The first kappa shape index (κ1) is 18.7. The van der Waals surface area contributed by atoms with Gasteiger partial charge in [0.2, 0.25) is 0 Å². The zero-order chi connectivity index (χ0) is 18.4. The Bertz CT molecular complexity index is 801. The molecule has 140 valence electrons. The Balaban J connectivity index is 1.72. The molecule has 2 N–H and O–H groups in total. The van der Waals surface area contributed by atoms with Crippen LogP contribution in [-0.4, -0.2) is 46.4 Å². The van der Waals surface area contributed by atoms with Crippen LogP contribution in [0.15, 0.2) is 59.5 Å². The van der Waals surface area contributed by atoms with Gasteiger partial charge in [-0.1, -0.05) is 24.3 Å². The molecule has 1 fully saturated rings. The van der Waals surface area contributed by atoms with Crippen LogP contribution in [0.1, 0.15) is 13.3 Å². The van der Waals surface area contributed by atoms with E-state index in [9.17, 15) is 8.42 Å². The largest absolute Gasteiger partial charge is 0.384 e. The third kappa shape index (κ3) is 4.56.